The van der Waals surface area contributed by atoms with Gasteiger partial charge in [-0.05, 0) is 60.4 Å². The Labute approximate surface area is 195 Å². The Morgan fingerprint density at radius 3 is 2.73 bits per heavy atom. The molecule has 2 heterocycles. The number of nitrogens with one attached hydrogen (secondary N) is 2. The van der Waals surface area contributed by atoms with E-state index in [1.54, 1.807) is 7.11 Å². The van der Waals surface area contributed by atoms with Crippen LogP contribution in [0.25, 0.3) is 5.70 Å². The molecular weight excluding hydrogens is 412 g/mol. The van der Waals surface area contributed by atoms with E-state index in [1.165, 1.54) is 5.56 Å². The third-order valence-electron chi connectivity index (χ3n) is 5.66. The molecule has 0 bridgehead atoms. The molecule has 1 fully saturated rings. The van der Waals surface area contributed by atoms with Crippen molar-refractivity contribution in [1.29, 1.82) is 0 Å². The Morgan fingerprint density at radius 1 is 1.18 bits per heavy atom. The molecule has 3 aromatic rings. The van der Waals surface area contributed by atoms with Crippen molar-refractivity contribution in [2.24, 2.45) is 0 Å². The zero-order valence-corrected chi connectivity index (χ0v) is 19.1. The Morgan fingerprint density at radius 2 is 2.00 bits per heavy atom. The lowest BCUT2D eigenvalue weighted by molar-refractivity contribution is 0.122. The number of hydrogen-bond donors (Lipinski definition) is 2. The molecule has 0 aliphatic carbocycles. The summed E-state index contributed by atoms with van der Waals surface area (Å²) in [4.78, 5) is 2.34. The van der Waals surface area contributed by atoms with E-state index in [2.05, 4.69) is 57.0 Å². The van der Waals surface area contributed by atoms with Gasteiger partial charge in [0.2, 0.25) is 0 Å². The monoisotopic (exact) mass is 442 g/mol. The number of aromatic nitrogens is 2. The molecule has 0 amide bonds. The quantitative estimate of drug-likeness (QED) is 0.410. The molecule has 0 saturated carbocycles. The van der Waals surface area contributed by atoms with Gasteiger partial charge < -0.3 is 19.7 Å². The van der Waals surface area contributed by atoms with Crippen LogP contribution in [-0.2, 0) is 11.2 Å². The Bertz CT molecular complexity index is 1110. The van der Waals surface area contributed by atoms with E-state index in [1.807, 2.05) is 36.7 Å². The first kappa shape index (κ1) is 22.5. The number of rotatable bonds is 8. The largest absolute Gasteiger partial charge is 0.497 e. The third-order valence-corrected chi connectivity index (χ3v) is 5.66. The number of aromatic amines is 1. The molecule has 2 aromatic carbocycles. The van der Waals surface area contributed by atoms with Gasteiger partial charge in [0, 0.05) is 42.7 Å². The van der Waals surface area contributed by atoms with Crippen LogP contribution < -0.4 is 15.0 Å². The maximum atomic E-state index is 5.54. The second kappa shape index (κ2) is 11.3. The number of nitrogens with zero attached hydrogens (tertiary/aromatic N) is 2. The molecule has 0 unspecified atom stereocenters. The topological polar surface area (TPSA) is 62.4 Å². The highest BCUT2D eigenvalue weighted by Crippen LogP contribution is 2.25. The molecule has 170 valence electrons. The van der Waals surface area contributed by atoms with Crippen molar-refractivity contribution >= 4 is 11.4 Å². The predicted molar refractivity (Wildman–Crippen MR) is 132 cm³/mol. The molecular formula is C27H30N4O2. The average molecular weight is 443 g/mol. The van der Waals surface area contributed by atoms with Crippen LogP contribution in [-0.4, -0.2) is 50.2 Å². The summed E-state index contributed by atoms with van der Waals surface area (Å²) in [6.45, 7) is 8.30. The zero-order chi connectivity index (χ0) is 22.9. The fraction of sp³-hybridized carbons (Fsp3) is 0.296. The van der Waals surface area contributed by atoms with Crippen LogP contribution >= 0.6 is 0 Å². The molecule has 6 nitrogen and oxygen atoms in total. The minimum atomic E-state index is 0.734. The highest BCUT2D eigenvalue weighted by molar-refractivity contribution is 5.70. The molecule has 1 aliphatic rings. The summed E-state index contributed by atoms with van der Waals surface area (Å²) in [5.41, 5.74) is 6.25. The minimum absolute atomic E-state index is 0.734. The SMILES string of the molecule is C=C(NCCCc1cn[nH]c1)c1ccc(N2CCOCC2)c(C#Cc2ccc(OC)cc2)c1. The molecule has 4 rings (SSSR count). The molecule has 1 aliphatic heterocycles. The first-order chi connectivity index (χ1) is 16.2. The summed E-state index contributed by atoms with van der Waals surface area (Å²) in [6.07, 6.45) is 5.79. The number of benzene rings is 2. The summed E-state index contributed by atoms with van der Waals surface area (Å²) in [5, 5.41) is 10.3. The molecule has 0 spiro atoms. The fourth-order valence-corrected chi connectivity index (χ4v) is 3.77. The Kier molecular flexibility index (Phi) is 7.68. The molecule has 1 aromatic heterocycles. The standard InChI is InChI=1S/C27H30N4O2/c1-21(28-13-3-4-23-19-29-30-20-23)24-9-12-27(31-14-16-33-17-15-31)25(18-24)8-5-22-6-10-26(32-2)11-7-22/h6-7,9-12,18-20,28H,1,3-4,13-17H2,2H3,(H,29,30). The Balaban J connectivity index is 1.49. The lowest BCUT2D eigenvalue weighted by Crippen LogP contribution is -2.36. The van der Waals surface area contributed by atoms with E-state index >= 15 is 0 Å². The highest BCUT2D eigenvalue weighted by Gasteiger charge is 2.15. The van der Waals surface area contributed by atoms with Crippen molar-refractivity contribution in [2.75, 3.05) is 44.9 Å². The van der Waals surface area contributed by atoms with Gasteiger partial charge in [0.05, 0.1) is 32.2 Å². The zero-order valence-electron chi connectivity index (χ0n) is 19.1. The molecule has 1 saturated heterocycles. The number of hydrogen-bond acceptors (Lipinski definition) is 5. The molecule has 2 N–H and O–H groups in total. The summed E-state index contributed by atoms with van der Waals surface area (Å²) >= 11 is 0. The van der Waals surface area contributed by atoms with Gasteiger partial charge in [-0.15, -0.1) is 0 Å². The third kappa shape index (κ3) is 6.18. The first-order valence-corrected chi connectivity index (χ1v) is 11.3. The van der Waals surface area contributed by atoms with Crippen molar-refractivity contribution in [2.45, 2.75) is 12.8 Å². The molecule has 33 heavy (non-hydrogen) atoms. The highest BCUT2D eigenvalue weighted by atomic mass is 16.5. The second-order valence-electron chi connectivity index (χ2n) is 7.93. The van der Waals surface area contributed by atoms with E-state index in [0.717, 1.165) is 79.5 Å². The fourth-order valence-electron chi connectivity index (χ4n) is 3.77. The molecule has 0 atom stereocenters. The summed E-state index contributed by atoms with van der Waals surface area (Å²) < 4.78 is 10.8. The van der Waals surface area contributed by atoms with Crippen LogP contribution in [0.5, 0.6) is 5.75 Å². The van der Waals surface area contributed by atoms with Crippen LogP contribution in [0.1, 0.15) is 28.7 Å². The lowest BCUT2D eigenvalue weighted by Gasteiger charge is -2.30. The molecule has 6 heteroatoms. The van der Waals surface area contributed by atoms with Crippen molar-refractivity contribution in [3.8, 4) is 17.6 Å². The summed E-state index contributed by atoms with van der Waals surface area (Å²) in [6, 6.07) is 14.2. The van der Waals surface area contributed by atoms with Crippen LogP contribution in [0.4, 0.5) is 5.69 Å². The number of morpholine rings is 1. The van der Waals surface area contributed by atoms with Gasteiger partial charge in [-0.25, -0.2) is 0 Å². The van der Waals surface area contributed by atoms with Crippen molar-refractivity contribution in [3.05, 3.63) is 83.7 Å². The average Bonchev–Trinajstić information content (AvgIpc) is 3.39. The summed E-state index contributed by atoms with van der Waals surface area (Å²) in [5.74, 6) is 7.52. The van der Waals surface area contributed by atoms with Crippen LogP contribution in [0, 0.1) is 11.8 Å². The normalized spacial score (nSPS) is 13.2. The number of ether oxygens (including phenoxy) is 2. The maximum Gasteiger partial charge on any atom is 0.118 e. The van der Waals surface area contributed by atoms with Crippen LogP contribution in [0.2, 0.25) is 0 Å². The van der Waals surface area contributed by atoms with E-state index in [4.69, 9.17) is 9.47 Å². The minimum Gasteiger partial charge on any atom is -0.497 e. The van der Waals surface area contributed by atoms with Crippen molar-refractivity contribution in [3.63, 3.8) is 0 Å². The number of H-pyrrole nitrogens is 1. The van der Waals surface area contributed by atoms with Gasteiger partial charge in [-0.3, -0.25) is 5.10 Å². The van der Waals surface area contributed by atoms with Gasteiger partial charge in [-0.2, -0.15) is 5.10 Å². The maximum absolute atomic E-state index is 5.54. The molecule has 0 radical (unpaired) electrons. The van der Waals surface area contributed by atoms with Crippen molar-refractivity contribution < 1.29 is 9.47 Å². The van der Waals surface area contributed by atoms with Gasteiger partial charge in [0.25, 0.3) is 0 Å². The van der Waals surface area contributed by atoms with Gasteiger partial charge in [0.15, 0.2) is 0 Å². The first-order valence-electron chi connectivity index (χ1n) is 11.3. The van der Waals surface area contributed by atoms with Gasteiger partial charge >= 0.3 is 0 Å². The van der Waals surface area contributed by atoms with Crippen LogP contribution in [0.3, 0.4) is 0 Å². The summed E-state index contributed by atoms with van der Waals surface area (Å²) in [7, 11) is 1.67. The van der Waals surface area contributed by atoms with E-state index in [0.29, 0.717) is 0 Å². The van der Waals surface area contributed by atoms with E-state index in [-0.39, 0.29) is 0 Å². The van der Waals surface area contributed by atoms with Crippen LogP contribution in [0.15, 0.2) is 61.4 Å². The van der Waals surface area contributed by atoms with Gasteiger partial charge in [-0.1, -0.05) is 24.5 Å². The predicted octanol–water partition coefficient (Wildman–Crippen LogP) is 3.85. The van der Waals surface area contributed by atoms with Crippen molar-refractivity contribution in [1.82, 2.24) is 15.5 Å². The Hall–Kier alpha value is -3.69. The number of methoxy groups -OCH3 is 1. The van der Waals surface area contributed by atoms with Gasteiger partial charge in [0.1, 0.15) is 5.75 Å². The smallest absolute Gasteiger partial charge is 0.118 e. The number of aryl methyl sites for hydroxylation is 1. The van der Waals surface area contributed by atoms with E-state index < -0.39 is 0 Å². The second-order valence-corrected chi connectivity index (χ2v) is 7.93. The lowest BCUT2D eigenvalue weighted by atomic mass is 10.0. The van der Waals surface area contributed by atoms with E-state index in [9.17, 15) is 0 Å². The number of anilines is 1.